The first kappa shape index (κ1) is 11.7. The largest absolute Gasteiger partial charge is 0.326 e. The van der Waals surface area contributed by atoms with Gasteiger partial charge in [-0.15, -0.1) is 0 Å². The molecule has 1 aliphatic rings. The van der Waals surface area contributed by atoms with Crippen LogP contribution in [-0.2, 0) is 13.0 Å². The SMILES string of the molecule is NCc1ccn2cc(CC3CCCNC3)nc2c1. The van der Waals surface area contributed by atoms with Crippen molar-refractivity contribution in [1.29, 1.82) is 0 Å². The van der Waals surface area contributed by atoms with Crippen LogP contribution in [-0.4, -0.2) is 22.5 Å². The highest BCUT2D eigenvalue weighted by molar-refractivity contribution is 5.43. The van der Waals surface area contributed by atoms with Gasteiger partial charge in [-0.2, -0.15) is 0 Å². The Bertz CT molecular complexity index is 526. The van der Waals surface area contributed by atoms with Gasteiger partial charge in [0.15, 0.2) is 0 Å². The van der Waals surface area contributed by atoms with Gasteiger partial charge in [-0.3, -0.25) is 0 Å². The number of nitrogens with two attached hydrogens (primary N) is 1. The minimum Gasteiger partial charge on any atom is -0.326 e. The summed E-state index contributed by atoms with van der Waals surface area (Å²) in [5.41, 5.74) is 8.99. The van der Waals surface area contributed by atoms with E-state index in [0.717, 1.165) is 30.1 Å². The number of hydrogen-bond donors (Lipinski definition) is 2. The quantitative estimate of drug-likeness (QED) is 0.856. The van der Waals surface area contributed by atoms with Gasteiger partial charge >= 0.3 is 0 Å². The van der Waals surface area contributed by atoms with Gasteiger partial charge in [0, 0.05) is 18.9 Å². The number of hydrogen-bond acceptors (Lipinski definition) is 3. The van der Waals surface area contributed by atoms with Crippen LogP contribution < -0.4 is 11.1 Å². The van der Waals surface area contributed by atoms with Gasteiger partial charge in [0.1, 0.15) is 5.65 Å². The number of aromatic nitrogens is 2. The van der Waals surface area contributed by atoms with Crippen LogP contribution in [0.2, 0.25) is 0 Å². The van der Waals surface area contributed by atoms with Gasteiger partial charge in [0.05, 0.1) is 5.69 Å². The van der Waals surface area contributed by atoms with E-state index in [1.807, 2.05) is 6.20 Å². The molecule has 18 heavy (non-hydrogen) atoms. The van der Waals surface area contributed by atoms with Crippen LogP contribution in [0, 0.1) is 5.92 Å². The van der Waals surface area contributed by atoms with E-state index in [1.54, 1.807) is 0 Å². The molecule has 3 rings (SSSR count). The standard InChI is InChI=1S/C14H20N4/c15-8-11-3-5-18-10-13(17-14(18)7-11)6-12-2-1-4-16-9-12/h3,5,7,10,12,16H,1-2,4,6,8-9,15H2. The smallest absolute Gasteiger partial charge is 0.137 e. The van der Waals surface area contributed by atoms with Gasteiger partial charge < -0.3 is 15.5 Å². The second-order valence-corrected chi connectivity index (χ2v) is 5.15. The van der Waals surface area contributed by atoms with Crippen molar-refractivity contribution in [2.24, 2.45) is 11.7 Å². The Morgan fingerprint density at radius 1 is 1.50 bits per heavy atom. The lowest BCUT2D eigenvalue weighted by molar-refractivity contribution is 0.374. The van der Waals surface area contributed by atoms with E-state index >= 15 is 0 Å². The Morgan fingerprint density at radius 2 is 2.44 bits per heavy atom. The highest BCUT2D eigenvalue weighted by atomic mass is 15.0. The topological polar surface area (TPSA) is 55.4 Å². The molecule has 0 aromatic carbocycles. The second kappa shape index (κ2) is 5.08. The van der Waals surface area contributed by atoms with Crippen molar-refractivity contribution in [2.75, 3.05) is 13.1 Å². The molecule has 0 radical (unpaired) electrons. The number of imidazole rings is 1. The van der Waals surface area contributed by atoms with Gasteiger partial charge in [0.25, 0.3) is 0 Å². The minimum absolute atomic E-state index is 0.575. The Balaban J connectivity index is 1.79. The maximum atomic E-state index is 5.65. The second-order valence-electron chi connectivity index (χ2n) is 5.15. The molecular weight excluding hydrogens is 224 g/mol. The molecule has 2 aromatic heterocycles. The molecule has 1 aliphatic heterocycles. The predicted octanol–water partition coefficient (Wildman–Crippen LogP) is 1.34. The third-order valence-corrected chi connectivity index (χ3v) is 3.71. The van der Waals surface area contributed by atoms with Crippen molar-refractivity contribution >= 4 is 5.65 Å². The first-order chi connectivity index (χ1) is 8.85. The van der Waals surface area contributed by atoms with Crippen LogP contribution in [0.25, 0.3) is 5.65 Å². The molecule has 1 atom stereocenters. The molecule has 0 spiro atoms. The number of nitrogens with zero attached hydrogens (tertiary/aromatic N) is 2. The fraction of sp³-hybridized carbons (Fsp3) is 0.500. The normalized spacial score (nSPS) is 20.4. The van der Waals surface area contributed by atoms with Crippen LogP contribution in [0.3, 0.4) is 0 Å². The fourth-order valence-electron chi connectivity index (χ4n) is 2.70. The van der Waals surface area contributed by atoms with E-state index in [0.29, 0.717) is 6.54 Å². The highest BCUT2D eigenvalue weighted by Crippen LogP contribution is 2.17. The Labute approximate surface area is 107 Å². The van der Waals surface area contributed by atoms with Crippen molar-refractivity contribution in [3.05, 3.63) is 35.8 Å². The van der Waals surface area contributed by atoms with Gasteiger partial charge in [-0.25, -0.2) is 4.98 Å². The summed E-state index contributed by atoms with van der Waals surface area (Å²) in [5.74, 6) is 0.734. The maximum absolute atomic E-state index is 5.65. The van der Waals surface area contributed by atoms with Crippen LogP contribution in [0.4, 0.5) is 0 Å². The number of rotatable bonds is 3. The first-order valence-electron chi connectivity index (χ1n) is 6.72. The van der Waals surface area contributed by atoms with Crippen LogP contribution in [0.1, 0.15) is 24.1 Å². The zero-order valence-corrected chi connectivity index (χ0v) is 10.6. The van der Waals surface area contributed by atoms with E-state index in [-0.39, 0.29) is 0 Å². The minimum atomic E-state index is 0.575. The number of pyridine rings is 1. The average molecular weight is 244 g/mol. The fourth-order valence-corrected chi connectivity index (χ4v) is 2.70. The summed E-state index contributed by atoms with van der Waals surface area (Å²) in [7, 11) is 0. The van der Waals surface area contributed by atoms with Gasteiger partial charge in [0.2, 0.25) is 0 Å². The summed E-state index contributed by atoms with van der Waals surface area (Å²) >= 11 is 0. The van der Waals surface area contributed by atoms with Crippen molar-refractivity contribution in [3.8, 4) is 0 Å². The molecule has 1 fully saturated rings. The molecule has 3 N–H and O–H groups in total. The number of piperidine rings is 1. The van der Waals surface area contributed by atoms with Gasteiger partial charge in [-0.1, -0.05) is 0 Å². The summed E-state index contributed by atoms with van der Waals surface area (Å²) in [6, 6.07) is 4.13. The zero-order valence-electron chi connectivity index (χ0n) is 10.6. The van der Waals surface area contributed by atoms with E-state index in [2.05, 4.69) is 28.0 Å². The lowest BCUT2D eigenvalue weighted by Crippen LogP contribution is -2.30. The van der Waals surface area contributed by atoms with Crippen molar-refractivity contribution in [3.63, 3.8) is 0 Å². The predicted molar refractivity (Wildman–Crippen MR) is 72.4 cm³/mol. The number of fused-ring (bicyclic) bond motifs is 1. The molecule has 4 nitrogen and oxygen atoms in total. The van der Waals surface area contributed by atoms with Crippen molar-refractivity contribution < 1.29 is 0 Å². The van der Waals surface area contributed by atoms with Crippen LogP contribution in [0.15, 0.2) is 24.5 Å². The highest BCUT2D eigenvalue weighted by Gasteiger charge is 2.15. The molecule has 0 amide bonds. The maximum Gasteiger partial charge on any atom is 0.137 e. The Morgan fingerprint density at radius 3 is 3.22 bits per heavy atom. The molecule has 2 aromatic rings. The molecule has 3 heterocycles. The number of nitrogens with one attached hydrogen (secondary N) is 1. The summed E-state index contributed by atoms with van der Waals surface area (Å²) in [5, 5.41) is 3.46. The molecule has 1 unspecified atom stereocenters. The lowest BCUT2D eigenvalue weighted by atomic mass is 9.95. The molecular formula is C14H20N4. The molecule has 4 heteroatoms. The van der Waals surface area contributed by atoms with E-state index in [1.165, 1.54) is 25.1 Å². The molecule has 0 bridgehead atoms. The zero-order chi connectivity index (χ0) is 12.4. The van der Waals surface area contributed by atoms with Crippen molar-refractivity contribution in [2.45, 2.75) is 25.8 Å². The molecule has 0 aliphatic carbocycles. The average Bonchev–Trinajstić information content (AvgIpc) is 2.80. The Hall–Kier alpha value is -1.39. The summed E-state index contributed by atoms with van der Waals surface area (Å²) in [4.78, 5) is 4.70. The molecule has 96 valence electrons. The monoisotopic (exact) mass is 244 g/mol. The third kappa shape index (κ3) is 2.40. The van der Waals surface area contributed by atoms with Gasteiger partial charge in [-0.05, 0) is 56.0 Å². The van der Waals surface area contributed by atoms with Crippen LogP contribution in [0.5, 0.6) is 0 Å². The summed E-state index contributed by atoms with van der Waals surface area (Å²) < 4.78 is 2.09. The van der Waals surface area contributed by atoms with E-state index < -0.39 is 0 Å². The molecule has 0 saturated carbocycles. The van der Waals surface area contributed by atoms with Crippen LogP contribution >= 0.6 is 0 Å². The van der Waals surface area contributed by atoms with E-state index in [9.17, 15) is 0 Å². The van der Waals surface area contributed by atoms with E-state index in [4.69, 9.17) is 10.7 Å². The van der Waals surface area contributed by atoms with Crippen molar-refractivity contribution in [1.82, 2.24) is 14.7 Å². The molecule has 1 saturated heterocycles. The third-order valence-electron chi connectivity index (χ3n) is 3.71. The summed E-state index contributed by atoms with van der Waals surface area (Å²) in [6.45, 7) is 2.87. The lowest BCUT2D eigenvalue weighted by Gasteiger charge is -2.21. The first-order valence-corrected chi connectivity index (χ1v) is 6.72. The summed E-state index contributed by atoms with van der Waals surface area (Å²) in [6.07, 6.45) is 7.87. The Kier molecular flexibility index (Phi) is 3.30.